The Bertz CT molecular complexity index is 942. The number of nitrogens with two attached hydrogens (primary N) is 1. The van der Waals surface area contributed by atoms with Gasteiger partial charge in [-0.15, -0.1) is 0 Å². The summed E-state index contributed by atoms with van der Waals surface area (Å²) in [5, 5.41) is 6.09. The molecule has 2 aromatic carbocycles. The van der Waals surface area contributed by atoms with E-state index in [4.69, 9.17) is 5.14 Å². The highest BCUT2D eigenvalue weighted by Gasteiger charge is 2.14. The van der Waals surface area contributed by atoms with Gasteiger partial charge in [-0.25, -0.2) is 13.6 Å². The van der Waals surface area contributed by atoms with E-state index in [-0.39, 0.29) is 16.2 Å². The molecule has 21 heavy (non-hydrogen) atoms. The van der Waals surface area contributed by atoms with Gasteiger partial charge in [-0.05, 0) is 29.7 Å². The van der Waals surface area contributed by atoms with Crippen molar-refractivity contribution in [2.45, 2.75) is 4.90 Å². The quantitative estimate of drug-likeness (QED) is 0.725. The van der Waals surface area contributed by atoms with Crippen LogP contribution in [-0.2, 0) is 10.0 Å². The highest BCUT2D eigenvalue weighted by atomic mass is 32.2. The predicted molar refractivity (Wildman–Crippen MR) is 79.5 cm³/mol. The molecule has 5 nitrogen and oxygen atoms in total. The SMILES string of the molecule is NS(=O)(=O)c1cccc(C(=O)c2ccc3cc[nH]c3c2)c1. The zero-order valence-corrected chi connectivity index (χ0v) is 11.7. The second kappa shape index (κ2) is 4.83. The average molecular weight is 300 g/mol. The summed E-state index contributed by atoms with van der Waals surface area (Å²) in [4.78, 5) is 15.4. The number of aromatic nitrogens is 1. The van der Waals surface area contributed by atoms with Crippen LogP contribution in [0, 0.1) is 0 Å². The van der Waals surface area contributed by atoms with Crippen molar-refractivity contribution < 1.29 is 13.2 Å². The van der Waals surface area contributed by atoms with Gasteiger partial charge in [-0.1, -0.05) is 24.3 Å². The molecule has 0 saturated heterocycles. The molecule has 1 aromatic heterocycles. The van der Waals surface area contributed by atoms with Gasteiger partial charge in [-0.2, -0.15) is 0 Å². The number of aromatic amines is 1. The molecule has 0 unspecified atom stereocenters. The fourth-order valence-electron chi connectivity index (χ4n) is 2.17. The third kappa shape index (κ3) is 2.58. The minimum atomic E-state index is -3.83. The zero-order valence-electron chi connectivity index (χ0n) is 10.9. The minimum absolute atomic E-state index is 0.0747. The van der Waals surface area contributed by atoms with Gasteiger partial charge in [0, 0.05) is 22.8 Å². The number of hydrogen-bond donors (Lipinski definition) is 2. The van der Waals surface area contributed by atoms with Gasteiger partial charge in [-0.3, -0.25) is 4.79 Å². The summed E-state index contributed by atoms with van der Waals surface area (Å²) in [5.41, 5.74) is 1.62. The summed E-state index contributed by atoms with van der Waals surface area (Å²) in [6.45, 7) is 0. The van der Waals surface area contributed by atoms with E-state index in [9.17, 15) is 13.2 Å². The number of ketones is 1. The first kappa shape index (κ1) is 13.5. The maximum Gasteiger partial charge on any atom is 0.238 e. The lowest BCUT2D eigenvalue weighted by Crippen LogP contribution is -2.13. The van der Waals surface area contributed by atoms with E-state index in [2.05, 4.69) is 4.98 Å². The molecule has 1 heterocycles. The van der Waals surface area contributed by atoms with Crippen LogP contribution in [0.3, 0.4) is 0 Å². The number of hydrogen-bond acceptors (Lipinski definition) is 3. The fraction of sp³-hybridized carbons (Fsp3) is 0. The summed E-state index contributed by atoms with van der Waals surface area (Å²) in [6.07, 6.45) is 1.79. The Morgan fingerprint density at radius 2 is 1.76 bits per heavy atom. The summed E-state index contributed by atoms with van der Waals surface area (Å²) in [7, 11) is -3.83. The third-order valence-corrected chi connectivity index (χ3v) is 4.15. The Hall–Kier alpha value is -2.44. The van der Waals surface area contributed by atoms with Crippen LogP contribution in [0.25, 0.3) is 10.9 Å². The first-order chi connectivity index (χ1) is 9.95. The topological polar surface area (TPSA) is 93.0 Å². The summed E-state index contributed by atoms with van der Waals surface area (Å²) < 4.78 is 22.7. The van der Waals surface area contributed by atoms with E-state index < -0.39 is 10.0 Å². The van der Waals surface area contributed by atoms with Crippen LogP contribution in [0.15, 0.2) is 59.6 Å². The van der Waals surface area contributed by atoms with Crippen LogP contribution < -0.4 is 5.14 Å². The van der Waals surface area contributed by atoms with Crippen LogP contribution in [0.1, 0.15) is 15.9 Å². The smallest absolute Gasteiger partial charge is 0.238 e. The van der Waals surface area contributed by atoms with Gasteiger partial charge in [0.15, 0.2) is 5.78 Å². The van der Waals surface area contributed by atoms with Crippen LogP contribution in [0.5, 0.6) is 0 Å². The zero-order chi connectivity index (χ0) is 15.0. The van der Waals surface area contributed by atoms with Crippen molar-refractivity contribution in [2.75, 3.05) is 0 Å². The molecule has 0 aliphatic rings. The highest BCUT2D eigenvalue weighted by molar-refractivity contribution is 7.89. The van der Waals surface area contributed by atoms with Gasteiger partial charge in [0.25, 0.3) is 0 Å². The molecule has 6 heteroatoms. The number of benzene rings is 2. The molecule has 0 spiro atoms. The van der Waals surface area contributed by atoms with E-state index in [0.29, 0.717) is 5.56 Å². The van der Waals surface area contributed by atoms with Gasteiger partial charge in [0.1, 0.15) is 0 Å². The lowest BCUT2D eigenvalue weighted by atomic mass is 10.0. The second-order valence-corrected chi connectivity index (χ2v) is 6.24. The van der Waals surface area contributed by atoms with E-state index >= 15 is 0 Å². The van der Waals surface area contributed by atoms with Crippen molar-refractivity contribution in [3.8, 4) is 0 Å². The van der Waals surface area contributed by atoms with E-state index in [1.165, 1.54) is 18.2 Å². The van der Waals surface area contributed by atoms with Crippen LogP contribution in [0.2, 0.25) is 0 Å². The molecule has 0 bridgehead atoms. The van der Waals surface area contributed by atoms with Crippen molar-refractivity contribution >= 4 is 26.7 Å². The molecule has 0 amide bonds. The molecule has 0 aliphatic heterocycles. The second-order valence-electron chi connectivity index (χ2n) is 4.68. The van der Waals surface area contributed by atoms with Gasteiger partial charge >= 0.3 is 0 Å². The Morgan fingerprint density at radius 3 is 2.52 bits per heavy atom. The lowest BCUT2D eigenvalue weighted by molar-refractivity contribution is 0.103. The molecule has 3 N–H and O–H groups in total. The van der Waals surface area contributed by atoms with Crippen LogP contribution in [-0.4, -0.2) is 19.2 Å². The summed E-state index contributed by atoms with van der Waals surface area (Å²) in [6, 6.07) is 12.9. The average Bonchev–Trinajstić information content (AvgIpc) is 2.93. The van der Waals surface area contributed by atoms with Crippen molar-refractivity contribution in [3.63, 3.8) is 0 Å². The van der Waals surface area contributed by atoms with Crippen molar-refractivity contribution in [2.24, 2.45) is 5.14 Å². The molecule has 0 saturated carbocycles. The normalized spacial score (nSPS) is 11.7. The molecule has 0 aliphatic carbocycles. The van der Waals surface area contributed by atoms with Crippen molar-refractivity contribution in [1.29, 1.82) is 0 Å². The number of rotatable bonds is 3. The van der Waals surface area contributed by atoms with Crippen LogP contribution in [0.4, 0.5) is 0 Å². The number of carbonyl (C=O) groups excluding carboxylic acids is 1. The van der Waals surface area contributed by atoms with E-state index in [0.717, 1.165) is 10.9 Å². The Labute approximate surface area is 121 Å². The molecule has 3 rings (SSSR count). The largest absolute Gasteiger partial charge is 0.361 e. The number of primary sulfonamides is 1. The van der Waals surface area contributed by atoms with Crippen molar-refractivity contribution in [1.82, 2.24) is 4.98 Å². The Morgan fingerprint density at radius 1 is 1.00 bits per heavy atom. The maximum absolute atomic E-state index is 12.4. The Balaban J connectivity index is 2.05. The molecule has 0 fully saturated rings. The molecular formula is C15H12N2O3S. The number of sulfonamides is 1. The number of H-pyrrole nitrogens is 1. The number of fused-ring (bicyclic) bond motifs is 1. The Kier molecular flexibility index (Phi) is 3.12. The standard InChI is InChI=1S/C15H12N2O3S/c16-21(19,20)13-3-1-2-11(8-13)15(18)12-5-4-10-6-7-17-14(10)9-12/h1-9,17H,(H2,16,19,20). The lowest BCUT2D eigenvalue weighted by Gasteiger charge is -2.04. The molecule has 0 radical (unpaired) electrons. The third-order valence-electron chi connectivity index (χ3n) is 3.24. The van der Waals surface area contributed by atoms with Gasteiger partial charge in [0.2, 0.25) is 10.0 Å². The molecule has 0 atom stereocenters. The molecule has 3 aromatic rings. The summed E-state index contributed by atoms with van der Waals surface area (Å²) in [5.74, 6) is -0.253. The molecule has 106 valence electrons. The van der Waals surface area contributed by atoms with Crippen LogP contribution >= 0.6 is 0 Å². The van der Waals surface area contributed by atoms with E-state index in [1.807, 2.05) is 12.1 Å². The highest BCUT2D eigenvalue weighted by Crippen LogP contribution is 2.18. The minimum Gasteiger partial charge on any atom is -0.361 e. The van der Waals surface area contributed by atoms with Gasteiger partial charge in [0.05, 0.1) is 4.90 Å². The fourth-order valence-corrected chi connectivity index (χ4v) is 2.73. The van der Waals surface area contributed by atoms with Gasteiger partial charge < -0.3 is 4.98 Å². The first-order valence-electron chi connectivity index (χ1n) is 6.20. The maximum atomic E-state index is 12.4. The first-order valence-corrected chi connectivity index (χ1v) is 7.74. The monoisotopic (exact) mass is 300 g/mol. The van der Waals surface area contributed by atoms with E-state index in [1.54, 1.807) is 24.4 Å². The number of carbonyl (C=O) groups is 1. The van der Waals surface area contributed by atoms with Crippen molar-refractivity contribution in [3.05, 3.63) is 65.9 Å². The predicted octanol–water partition coefficient (Wildman–Crippen LogP) is 2.05. The molecular weight excluding hydrogens is 288 g/mol. The number of nitrogens with one attached hydrogen (secondary N) is 1. The summed E-state index contributed by atoms with van der Waals surface area (Å²) >= 11 is 0.